The number of carbonyl (C=O) groups excluding carboxylic acids is 2. The average molecular weight is 547 g/mol. The van der Waals surface area contributed by atoms with Crippen molar-refractivity contribution < 1.29 is 32.6 Å². The van der Waals surface area contributed by atoms with Crippen molar-refractivity contribution in [2.45, 2.75) is 25.3 Å². The van der Waals surface area contributed by atoms with Crippen LogP contribution in [0.2, 0.25) is 0 Å². The monoisotopic (exact) mass is 546 g/mol. The van der Waals surface area contributed by atoms with Gasteiger partial charge in [-0.25, -0.2) is 18.6 Å². The number of hydrogen-bond acceptors (Lipinski definition) is 6. The number of hydrazone groups is 1. The summed E-state index contributed by atoms with van der Waals surface area (Å²) in [6.07, 6.45) is 4.61. The van der Waals surface area contributed by atoms with Crippen molar-refractivity contribution >= 4 is 23.7 Å². The molecule has 1 aliphatic carbocycles. The van der Waals surface area contributed by atoms with Crippen molar-refractivity contribution in [2.75, 3.05) is 20.8 Å². The number of amides is 1. The second-order valence-corrected chi connectivity index (χ2v) is 9.58. The maximum absolute atomic E-state index is 14.1. The Bertz CT molecular complexity index is 1470. The lowest BCUT2D eigenvalue weighted by molar-refractivity contribution is -0.137. The van der Waals surface area contributed by atoms with Gasteiger partial charge in [-0.3, -0.25) is 4.79 Å². The van der Waals surface area contributed by atoms with Crippen LogP contribution >= 0.6 is 0 Å². The second kappa shape index (κ2) is 11.7. The number of methoxy groups -OCH3 is 2. The number of carbonyl (C=O) groups is 2. The Labute approximate surface area is 230 Å². The lowest BCUT2D eigenvalue weighted by Gasteiger charge is -2.29. The largest absolute Gasteiger partial charge is 0.497 e. The molecule has 7 nitrogen and oxygen atoms in total. The Morgan fingerprint density at radius 3 is 2.30 bits per heavy atom. The van der Waals surface area contributed by atoms with Crippen LogP contribution in [0, 0.1) is 17.6 Å². The first-order chi connectivity index (χ1) is 19.4. The first kappa shape index (κ1) is 27.1. The lowest BCUT2D eigenvalue weighted by atomic mass is 9.77. The number of ether oxygens (including phenoxy) is 3. The predicted octanol–water partition coefficient (Wildman–Crippen LogP) is 5.96. The molecule has 206 valence electrons. The molecule has 9 heteroatoms. The molecule has 1 saturated carbocycles. The van der Waals surface area contributed by atoms with Crippen LogP contribution in [-0.4, -0.2) is 43.4 Å². The number of benzene rings is 3. The summed E-state index contributed by atoms with van der Waals surface area (Å²) in [6.45, 7) is -0.649. The summed E-state index contributed by atoms with van der Waals surface area (Å²) in [5, 5.41) is 6.13. The van der Waals surface area contributed by atoms with Crippen LogP contribution < -0.4 is 9.47 Å². The Kier molecular flexibility index (Phi) is 7.91. The van der Waals surface area contributed by atoms with E-state index in [0.717, 1.165) is 59.6 Å². The van der Waals surface area contributed by atoms with E-state index in [-0.39, 0.29) is 5.92 Å². The van der Waals surface area contributed by atoms with Crippen LogP contribution in [0.3, 0.4) is 0 Å². The Morgan fingerprint density at radius 1 is 0.975 bits per heavy atom. The minimum absolute atomic E-state index is 0.0687. The van der Waals surface area contributed by atoms with E-state index < -0.39 is 41.7 Å². The van der Waals surface area contributed by atoms with Gasteiger partial charge in [-0.15, -0.1) is 0 Å². The molecule has 5 rings (SSSR count). The molecule has 3 aromatic carbocycles. The van der Waals surface area contributed by atoms with Gasteiger partial charge in [0, 0.05) is 12.0 Å². The fourth-order valence-corrected chi connectivity index (χ4v) is 5.17. The van der Waals surface area contributed by atoms with E-state index in [0.29, 0.717) is 11.8 Å². The zero-order chi connectivity index (χ0) is 28.2. The first-order valence-electron chi connectivity index (χ1n) is 12.9. The summed E-state index contributed by atoms with van der Waals surface area (Å²) in [5.41, 5.74) is 3.24. The van der Waals surface area contributed by atoms with Gasteiger partial charge in [0.1, 0.15) is 23.1 Å². The van der Waals surface area contributed by atoms with E-state index >= 15 is 0 Å². The van der Waals surface area contributed by atoms with E-state index in [1.54, 1.807) is 14.2 Å². The van der Waals surface area contributed by atoms with Gasteiger partial charge in [0.05, 0.1) is 31.5 Å². The summed E-state index contributed by atoms with van der Waals surface area (Å²) in [4.78, 5) is 25.9. The maximum atomic E-state index is 14.1. The van der Waals surface area contributed by atoms with Crippen molar-refractivity contribution in [3.8, 4) is 11.5 Å². The van der Waals surface area contributed by atoms with E-state index in [4.69, 9.17) is 19.3 Å². The Hall–Kier alpha value is -4.53. The highest BCUT2D eigenvalue weighted by atomic mass is 19.1. The Balaban J connectivity index is 1.43. The second-order valence-electron chi connectivity index (χ2n) is 9.58. The molecule has 0 N–H and O–H groups in total. The van der Waals surface area contributed by atoms with Gasteiger partial charge in [-0.1, -0.05) is 24.3 Å². The van der Waals surface area contributed by atoms with Crippen molar-refractivity contribution in [1.29, 1.82) is 0 Å². The van der Waals surface area contributed by atoms with Crippen LogP contribution in [0.15, 0.2) is 77.4 Å². The highest BCUT2D eigenvalue weighted by molar-refractivity contribution is 6.08. The molecule has 2 aliphatic rings. The highest BCUT2D eigenvalue weighted by Gasteiger charge is 2.44. The minimum atomic E-state index is -1.06. The number of esters is 1. The molecule has 0 spiro atoms. The normalized spacial score (nSPS) is 19.1. The number of hydrogen-bond donors (Lipinski definition) is 0. The fraction of sp³-hybridized carbons (Fsp3) is 0.258. The van der Waals surface area contributed by atoms with E-state index in [2.05, 4.69) is 6.08 Å². The Morgan fingerprint density at radius 2 is 1.65 bits per heavy atom. The third kappa shape index (κ3) is 5.59. The number of allylic oxidation sites excluding steroid dienone is 1. The number of halogens is 2. The zero-order valence-electron chi connectivity index (χ0n) is 22.1. The molecular formula is C31H28F2N2O5. The first-order valence-corrected chi connectivity index (χ1v) is 12.9. The molecule has 0 saturated heterocycles. The molecule has 1 heterocycles. The fourth-order valence-electron chi connectivity index (χ4n) is 5.17. The standard InChI is InChI=1S/C31H28F2N2O5/c1-38-23-11-6-19(7-12-23)16-21-4-3-5-26-29(21)34-35(30(26)20-8-13-24(39-2)14-9-20)28(36)18-40-31(37)25-15-10-22(32)17-27(25)33/h6-17,26,30H,3-5,18H2,1-2H3. The summed E-state index contributed by atoms with van der Waals surface area (Å²) in [7, 11) is 3.20. The topological polar surface area (TPSA) is 77.4 Å². The molecule has 0 aromatic heterocycles. The van der Waals surface area contributed by atoms with Gasteiger partial charge < -0.3 is 14.2 Å². The minimum Gasteiger partial charge on any atom is -0.497 e. The van der Waals surface area contributed by atoms with Gasteiger partial charge in [-0.2, -0.15) is 5.10 Å². The highest BCUT2D eigenvalue weighted by Crippen LogP contribution is 2.44. The molecule has 3 aromatic rings. The van der Waals surface area contributed by atoms with Crippen molar-refractivity contribution in [3.63, 3.8) is 0 Å². The van der Waals surface area contributed by atoms with E-state index in [1.165, 1.54) is 5.01 Å². The SMILES string of the molecule is COc1ccc(C=C2CCCC3C2=NN(C(=O)COC(=O)c2ccc(F)cc2F)C3c2ccc(OC)cc2)cc1. The quantitative estimate of drug-likeness (QED) is 0.342. The van der Waals surface area contributed by atoms with Crippen LogP contribution in [0.4, 0.5) is 8.78 Å². The lowest BCUT2D eigenvalue weighted by Crippen LogP contribution is -2.34. The number of rotatable bonds is 7. The number of nitrogens with zero attached hydrogens (tertiary/aromatic N) is 2. The van der Waals surface area contributed by atoms with Crippen molar-refractivity contribution in [3.05, 3.63) is 101 Å². The average Bonchev–Trinajstić information content (AvgIpc) is 3.37. The summed E-state index contributed by atoms with van der Waals surface area (Å²) in [5.74, 6) is -2.12. The molecule has 0 bridgehead atoms. The smallest absolute Gasteiger partial charge is 0.341 e. The molecular weight excluding hydrogens is 518 g/mol. The van der Waals surface area contributed by atoms with Crippen LogP contribution in [-0.2, 0) is 9.53 Å². The summed E-state index contributed by atoms with van der Waals surface area (Å²) in [6, 6.07) is 17.2. The van der Waals surface area contributed by atoms with E-state index in [1.807, 2.05) is 48.5 Å². The summed E-state index contributed by atoms with van der Waals surface area (Å²) < 4.78 is 43.0. The van der Waals surface area contributed by atoms with Gasteiger partial charge in [0.25, 0.3) is 5.91 Å². The van der Waals surface area contributed by atoms with Gasteiger partial charge in [0.15, 0.2) is 6.61 Å². The third-order valence-electron chi connectivity index (χ3n) is 7.15. The third-order valence-corrected chi connectivity index (χ3v) is 7.15. The van der Waals surface area contributed by atoms with Gasteiger partial charge >= 0.3 is 5.97 Å². The molecule has 2 unspecified atom stereocenters. The van der Waals surface area contributed by atoms with E-state index in [9.17, 15) is 18.4 Å². The predicted molar refractivity (Wildman–Crippen MR) is 145 cm³/mol. The van der Waals surface area contributed by atoms with Crippen LogP contribution in [0.1, 0.15) is 46.8 Å². The molecule has 2 atom stereocenters. The molecule has 0 radical (unpaired) electrons. The number of fused-ring (bicyclic) bond motifs is 1. The summed E-state index contributed by atoms with van der Waals surface area (Å²) >= 11 is 0. The molecule has 1 aliphatic heterocycles. The van der Waals surface area contributed by atoms with Crippen molar-refractivity contribution in [2.24, 2.45) is 11.0 Å². The zero-order valence-corrected chi connectivity index (χ0v) is 22.1. The molecule has 40 heavy (non-hydrogen) atoms. The van der Waals surface area contributed by atoms with Crippen LogP contribution in [0.5, 0.6) is 11.5 Å². The maximum Gasteiger partial charge on any atom is 0.341 e. The van der Waals surface area contributed by atoms with Crippen molar-refractivity contribution in [1.82, 2.24) is 5.01 Å². The molecule has 1 amide bonds. The van der Waals surface area contributed by atoms with Gasteiger partial charge in [-0.05, 0) is 78.4 Å². The van der Waals surface area contributed by atoms with Gasteiger partial charge in [0.2, 0.25) is 0 Å². The molecule has 1 fully saturated rings. The van der Waals surface area contributed by atoms with Crippen LogP contribution in [0.25, 0.3) is 6.08 Å².